The van der Waals surface area contributed by atoms with Crippen LogP contribution in [0.2, 0.25) is 0 Å². The lowest BCUT2D eigenvalue weighted by Gasteiger charge is -2.37. The van der Waals surface area contributed by atoms with Gasteiger partial charge in [-0.1, -0.05) is 13.0 Å². The van der Waals surface area contributed by atoms with Crippen LogP contribution in [0.1, 0.15) is 27.7 Å². The maximum atomic E-state index is 13.3. The number of aliphatic imine (C=N–C) groups is 1. The van der Waals surface area contributed by atoms with Crippen molar-refractivity contribution < 1.29 is 9.13 Å². The summed E-state index contributed by atoms with van der Waals surface area (Å²) in [7, 11) is 0. The minimum atomic E-state index is -0.290. The van der Waals surface area contributed by atoms with Crippen LogP contribution in [0.15, 0.2) is 29.3 Å². The van der Waals surface area contributed by atoms with E-state index in [0.717, 1.165) is 51.8 Å². The van der Waals surface area contributed by atoms with Crippen LogP contribution in [0.25, 0.3) is 0 Å². The van der Waals surface area contributed by atoms with Crippen molar-refractivity contribution in [2.75, 3.05) is 52.4 Å². The molecule has 1 aromatic carbocycles. The Labute approximate surface area is 169 Å². The summed E-state index contributed by atoms with van der Waals surface area (Å²) in [6.45, 7) is 16.2. The molecule has 158 valence electrons. The average Bonchev–Trinajstić information content (AvgIpc) is 2.70. The lowest BCUT2D eigenvalue weighted by molar-refractivity contribution is 0.109. The van der Waals surface area contributed by atoms with Crippen LogP contribution >= 0.6 is 0 Å². The summed E-state index contributed by atoms with van der Waals surface area (Å²) in [5, 5.41) is 6.61. The van der Waals surface area contributed by atoms with Gasteiger partial charge in [-0.05, 0) is 39.4 Å². The number of hydrogen-bond donors (Lipinski definition) is 2. The van der Waals surface area contributed by atoms with E-state index in [2.05, 4.69) is 41.2 Å². The first-order valence-corrected chi connectivity index (χ1v) is 10.4. The number of nitrogens with zero attached hydrogens (tertiary/aromatic N) is 3. The van der Waals surface area contributed by atoms with Gasteiger partial charge in [-0.15, -0.1) is 0 Å². The number of likely N-dealkylation sites (N-methyl/N-ethyl adjacent to an activating group) is 1. The quantitative estimate of drug-likeness (QED) is 0.498. The molecule has 0 spiro atoms. The Balaban J connectivity index is 1.79. The average molecular weight is 394 g/mol. The van der Waals surface area contributed by atoms with Gasteiger partial charge in [0.15, 0.2) is 5.96 Å². The second kappa shape index (κ2) is 11.9. The summed E-state index contributed by atoms with van der Waals surface area (Å²) >= 11 is 0. The molecular formula is C21H36FN5O. The zero-order valence-electron chi connectivity index (χ0n) is 17.7. The summed E-state index contributed by atoms with van der Waals surface area (Å²) in [5.74, 6) is 1.04. The second-order valence-corrected chi connectivity index (χ2v) is 7.31. The van der Waals surface area contributed by atoms with Crippen molar-refractivity contribution in [1.29, 1.82) is 0 Å². The third kappa shape index (κ3) is 7.64. The molecule has 1 aromatic rings. The fourth-order valence-corrected chi connectivity index (χ4v) is 3.26. The monoisotopic (exact) mass is 393 g/mol. The molecule has 1 aliphatic rings. The number of guanidine groups is 1. The molecule has 7 heteroatoms. The highest BCUT2D eigenvalue weighted by molar-refractivity contribution is 5.79. The molecule has 2 rings (SSSR count). The molecule has 28 heavy (non-hydrogen) atoms. The van der Waals surface area contributed by atoms with Gasteiger partial charge in [0.25, 0.3) is 0 Å². The second-order valence-electron chi connectivity index (χ2n) is 7.31. The van der Waals surface area contributed by atoms with Crippen LogP contribution in [0, 0.1) is 5.82 Å². The van der Waals surface area contributed by atoms with Gasteiger partial charge in [-0.3, -0.25) is 9.89 Å². The molecule has 2 atom stereocenters. The van der Waals surface area contributed by atoms with E-state index < -0.39 is 0 Å². The first-order chi connectivity index (χ1) is 13.5. The van der Waals surface area contributed by atoms with Gasteiger partial charge in [-0.25, -0.2) is 4.39 Å². The number of hydrogen-bond acceptors (Lipinski definition) is 4. The third-order valence-corrected chi connectivity index (χ3v) is 5.03. The van der Waals surface area contributed by atoms with Crippen LogP contribution in [0.3, 0.4) is 0 Å². The maximum Gasteiger partial charge on any atom is 0.191 e. The van der Waals surface area contributed by atoms with Crippen molar-refractivity contribution in [2.24, 2.45) is 4.99 Å². The Bertz CT molecular complexity index is 604. The van der Waals surface area contributed by atoms with Crippen molar-refractivity contribution in [2.45, 2.75) is 39.8 Å². The van der Waals surface area contributed by atoms with Crippen LogP contribution in [0.5, 0.6) is 5.75 Å². The summed E-state index contributed by atoms with van der Waals surface area (Å²) in [6, 6.07) is 6.64. The van der Waals surface area contributed by atoms with E-state index in [0.29, 0.717) is 18.3 Å². The molecule has 6 nitrogen and oxygen atoms in total. The predicted molar refractivity (Wildman–Crippen MR) is 114 cm³/mol. The molecule has 0 saturated carbocycles. The lowest BCUT2D eigenvalue weighted by Crippen LogP contribution is -2.50. The van der Waals surface area contributed by atoms with Crippen LogP contribution < -0.4 is 15.4 Å². The Morgan fingerprint density at radius 2 is 1.93 bits per heavy atom. The van der Waals surface area contributed by atoms with Gasteiger partial charge < -0.3 is 20.3 Å². The molecular weight excluding hydrogens is 357 g/mol. The number of rotatable bonds is 9. The zero-order chi connectivity index (χ0) is 20.4. The summed E-state index contributed by atoms with van der Waals surface area (Å²) in [5.41, 5.74) is 0. The highest BCUT2D eigenvalue weighted by Crippen LogP contribution is 2.13. The highest BCUT2D eigenvalue weighted by atomic mass is 19.1. The maximum absolute atomic E-state index is 13.3. The standard InChI is InChI=1S/C21H36FN5O/c1-5-23-21(24-15-17(3)27-12-10-26(6-2)11-13-27)25-16-18(4)28-20-9-7-8-19(22)14-20/h7-9,14,17-18H,5-6,10-13,15-16H2,1-4H3,(H2,23,24,25). The van der Waals surface area contributed by atoms with Gasteiger partial charge in [0, 0.05) is 44.8 Å². The van der Waals surface area contributed by atoms with E-state index in [4.69, 9.17) is 9.73 Å². The van der Waals surface area contributed by atoms with Crippen LogP contribution in [0.4, 0.5) is 4.39 Å². The van der Waals surface area contributed by atoms with Crippen molar-refractivity contribution in [3.8, 4) is 5.75 Å². The van der Waals surface area contributed by atoms with Crippen molar-refractivity contribution >= 4 is 5.96 Å². The molecule has 2 unspecified atom stereocenters. The number of piperazine rings is 1. The van der Waals surface area contributed by atoms with E-state index in [9.17, 15) is 4.39 Å². The van der Waals surface area contributed by atoms with Gasteiger partial charge in [0.05, 0.1) is 13.1 Å². The molecule has 0 bridgehead atoms. The molecule has 0 aliphatic carbocycles. The lowest BCUT2D eigenvalue weighted by atomic mass is 10.2. The Morgan fingerprint density at radius 1 is 1.18 bits per heavy atom. The Hall–Kier alpha value is -1.86. The molecule has 1 fully saturated rings. The number of halogens is 1. The fourth-order valence-electron chi connectivity index (χ4n) is 3.26. The van der Waals surface area contributed by atoms with E-state index in [-0.39, 0.29) is 11.9 Å². The largest absolute Gasteiger partial charge is 0.489 e. The normalized spacial score (nSPS) is 18.5. The summed E-state index contributed by atoms with van der Waals surface area (Å²) in [4.78, 5) is 9.74. The minimum Gasteiger partial charge on any atom is -0.489 e. The van der Waals surface area contributed by atoms with Gasteiger partial charge in [-0.2, -0.15) is 0 Å². The van der Waals surface area contributed by atoms with Gasteiger partial charge in [0.1, 0.15) is 17.7 Å². The molecule has 1 saturated heterocycles. The number of nitrogens with one attached hydrogen (secondary N) is 2. The minimum absolute atomic E-state index is 0.106. The Morgan fingerprint density at radius 3 is 2.57 bits per heavy atom. The topological polar surface area (TPSA) is 52.1 Å². The number of benzene rings is 1. The van der Waals surface area contributed by atoms with E-state index in [1.807, 2.05) is 6.92 Å². The van der Waals surface area contributed by atoms with Crippen LogP contribution in [-0.2, 0) is 0 Å². The summed E-state index contributed by atoms with van der Waals surface area (Å²) in [6.07, 6.45) is -0.106. The fraction of sp³-hybridized carbons (Fsp3) is 0.667. The van der Waals surface area contributed by atoms with E-state index in [1.165, 1.54) is 12.1 Å². The first-order valence-electron chi connectivity index (χ1n) is 10.4. The van der Waals surface area contributed by atoms with Crippen molar-refractivity contribution in [3.63, 3.8) is 0 Å². The van der Waals surface area contributed by atoms with Crippen molar-refractivity contribution in [1.82, 2.24) is 20.4 Å². The smallest absolute Gasteiger partial charge is 0.191 e. The predicted octanol–water partition coefficient (Wildman–Crippen LogP) is 2.17. The van der Waals surface area contributed by atoms with Crippen molar-refractivity contribution in [3.05, 3.63) is 30.1 Å². The highest BCUT2D eigenvalue weighted by Gasteiger charge is 2.20. The SMILES string of the molecule is CCNC(=NCC(C)N1CCN(CC)CC1)NCC(C)Oc1cccc(F)c1. The van der Waals surface area contributed by atoms with E-state index >= 15 is 0 Å². The molecule has 0 aromatic heterocycles. The Kier molecular flexibility index (Phi) is 9.50. The van der Waals surface area contributed by atoms with E-state index in [1.54, 1.807) is 12.1 Å². The molecule has 1 aliphatic heterocycles. The molecule has 1 heterocycles. The third-order valence-electron chi connectivity index (χ3n) is 5.03. The molecule has 0 radical (unpaired) electrons. The van der Waals surface area contributed by atoms with Gasteiger partial charge in [0.2, 0.25) is 0 Å². The molecule has 0 amide bonds. The first kappa shape index (κ1) is 22.4. The number of ether oxygens (including phenoxy) is 1. The molecule has 2 N–H and O–H groups in total. The summed E-state index contributed by atoms with van der Waals surface area (Å²) < 4.78 is 19.0. The van der Waals surface area contributed by atoms with Gasteiger partial charge >= 0.3 is 0 Å². The van der Waals surface area contributed by atoms with Crippen LogP contribution in [-0.4, -0.2) is 80.3 Å². The zero-order valence-corrected chi connectivity index (χ0v) is 17.7.